The zero-order valence-electron chi connectivity index (χ0n) is 8.66. The van der Waals surface area contributed by atoms with E-state index in [0.29, 0.717) is 12.2 Å². The predicted molar refractivity (Wildman–Crippen MR) is 54.5 cm³/mol. The summed E-state index contributed by atoms with van der Waals surface area (Å²) in [5, 5.41) is 0. The van der Waals surface area contributed by atoms with Crippen molar-refractivity contribution < 1.29 is 13.9 Å². The molecule has 0 bridgehead atoms. The summed E-state index contributed by atoms with van der Waals surface area (Å²) in [6.07, 6.45) is -0.182. The average molecular weight is 209 g/mol. The highest BCUT2D eigenvalue weighted by molar-refractivity contribution is 5.93. The van der Waals surface area contributed by atoms with E-state index in [9.17, 15) is 9.18 Å². The summed E-state index contributed by atoms with van der Waals surface area (Å²) in [6, 6.07) is 4.59. The highest BCUT2D eigenvalue weighted by atomic mass is 19.1. The molecular formula is C11H12FNO2. The number of hydrogen-bond donors (Lipinski definition) is 0. The molecule has 0 spiro atoms. The molecule has 0 unspecified atom stereocenters. The molecule has 0 saturated heterocycles. The van der Waals surface area contributed by atoms with Crippen LogP contribution in [0.2, 0.25) is 0 Å². The van der Waals surface area contributed by atoms with Crippen molar-refractivity contribution in [3.63, 3.8) is 0 Å². The van der Waals surface area contributed by atoms with Gasteiger partial charge in [0.15, 0.2) is 11.6 Å². The van der Waals surface area contributed by atoms with Gasteiger partial charge in [0.25, 0.3) is 0 Å². The molecule has 1 amide bonds. The molecule has 80 valence electrons. The first-order valence-corrected chi connectivity index (χ1v) is 4.83. The first-order chi connectivity index (χ1) is 7.09. The Morgan fingerprint density at radius 2 is 2.33 bits per heavy atom. The number of halogens is 1. The third-order valence-electron chi connectivity index (χ3n) is 2.38. The van der Waals surface area contributed by atoms with E-state index in [1.807, 2.05) is 6.92 Å². The first-order valence-electron chi connectivity index (χ1n) is 4.83. The van der Waals surface area contributed by atoms with Crippen LogP contribution in [-0.4, -0.2) is 18.6 Å². The number of rotatable bonds is 0. The fraction of sp³-hybridized carbons (Fsp3) is 0.364. The van der Waals surface area contributed by atoms with Crippen molar-refractivity contribution in [2.45, 2.75) is 20.0 Å². The van der Waals surface area contributed by atoms with E-state index in [1.165, 1.54) is 17.9 Å². The lowest BCUT2D eigenvalue weighted by Gasteiger charge is -2.32. The van der Waals surface area contributed by atoms with E-state index in [4.69, 9.17) is 4.74 Å². The van der Waals surface area contributed by atoms with Crippen LogP contribution in [0.1, 0.15) is 13.8 Å². The summed E-state index contributed by atoms with van der Waals surface area (Å²) in [5.41, 5.74) is 0.514. The highest BCUT2D eigenvalue weighted by Crippen LogP contribution is 2.35. The quantitative estimate of drug-likeness (QED) is 0.653. The van der Waals surface area contributed by atoms with E-state index in [1.54, 1.807) is 12.1 Å². The molecule has 0 saturated carbocycles. The van der Waals surface area contributed by atoms with Crippen LogP contribution in [0.4, 0.5) is 10.1 Å². The molecule has 2 rings (SSSR count). The summed E-state index contributed by atoms with van der Waals surface area (Å²) in [4.78, 5) is 12.9. The normalized spacial score (nSPS) is 19.4. The zero-order chi connectivity index (χ0) is 11.0. The lowest BCUT2D eigenvalue weighted by Crippen LogP contribution is -2.41. The summed E-state index contributed by atoms with van der Waals surface area (Å²) < 4.78 is 18.8. The smallest absolute Gasteiger partial charge is 0.224 e. The van der Waals surface area contributed by atoms with Crippen molar-refractivity contribution >= 4 is 11.6 Å². The number of nitrogens with zero attached hydrogens (tertiary/aromatic N) is 1. The van der Waals surface area contributed by atoms with Crippen molar-refractivity contribution in [2.75, 3.05) is 11.4 Å². The SMILES string of the molecule is CC(=O)N1C[C@H](C)Oc2c(F)cccc21. The van der Waals surface area contributed by atoms with Crippen LogP contribution in [0.3, 0.4) is 0 Å². The van der Waals surface area contributed by atoms with Gasteiger partial charge in [0, 0.05) is 6.92 Å². The standard InChI is InChI=1S/C11H12FNO2/c1-7-6-13(8(2)14)10-5-3-4-9(12)11(10)15-7/h3-5,7H,6H2,1-2H3/t7-/m0/s1. The second kappa shape index (κ2) is 3.53. The Morgan fingerprint density at radius 3 is 3.00 bits per heavy atom. The van der Waals surface area contributed by atoms with Gasteiger partial charge in [-0.1, -0.05) is 6.07 Å². The van der Waals surface area contributed by atoms with Gasteiger partial charge >= 0.3 is 0 Å². The molecule has 1 aliphatic heterocycles. The van der Waals surface area contributed by atoms with Crippen LogP contribution in [0.15, 0.2) is 18.2 Å². The molecule has 0 radical (unpaired) electrons. The number of carbonyl (C=O) groups excluding carboxylic acids is 1. The number of benzene rings is 1. The Balaban J connectivity index is 2.51. The number of fused-ring (bicyclic) bond motifs is 1. The van der Waals surface area contributed by atoms with Crippen molar-refractivity contribution in [3.8, 4) is 5.75 Å². The van der Waals surface area contributed by atoms with Gasteiger partial charge in [0.2, 0.25) is 5.91 Å². The summed E-state index contributed by atoms with van der Waals surface area (Å²) in [7, 11) is 0. The average Bonchev–Trinajstić information content (AvgIpc) is 2.18. The summed E-state index contributed by atoms with van der Waals surface area (Å²) in [5.74, 6) is -0.353. The molecule has 0 fully saturated rings. The number of anilines is 1. The van der Waals surface area contributed by atoms with E-state index in [-0.39, 0.29) is 17.8 Å². The van der Waals surface area contributed by atoms with E-state index in [2.05, 4.69) is 0 Å². The van der Waals surface area contributed by atoms with Gasteiger partial charge in [-0.25, -0.2) is 4.39 Å². The molecule has 4 heteroatoms. The van der Waals surface area contributed by atoms with Crippen LogP contribution in [-0.2, 0) is 4.79 Å². The van der Waals surface area contributed by atoms with E-state index in [0.717, 1.165) is 0 Å². The van der Waals surface area contributed by atoms with E-state index >= 15 is 0 Å². The highest BCUT2D eigenvalue weighted by Gasteiger charge is 2.27. The topological polar surface area (TPSA) is 29.5 Å². The molecule has 1 heterocycles. The number of carbonyl (C=O) groups is 1. The maximum Gasteiger partial charge on any atom is 0.224 e. The molecule has 1 atom stereocenters. The Kier molecular flexibility index (Phi) is 2.34. The summed E-state index contributed by atoms with van der Waals surface area (Å²) >= 11 is 0. The van der Waals surface area contributed by atoms with Gasteiger partial charge in [-0.05, 0) is 19.1 Å². The van der Waals surface area contributed by atoms with Gasteiger partial charge in [-0.3, -0.25) is 4.79 Å². The van der Waals surface area contributed by atoms with Crippen LogP contribution in [0, 0.1) is 5.82 Å². The van der Waals surface area contributed by atoms with Gasteiger partial charge in [0.05, 0.1) is 12.2 Å². The third kappa shape index (κ3) is 1.67. The van der Waals surface area contributed by atoms with Crippen molar-refractivity contribution in [1.29, 1.82) is 0 Å². The molecule has 1 aliphatic rings. The second-order valence-corrected chi connectivity index (χ2v) is 3.65. The molecule has 0 aliphatic carbocycles. The zero-order valence-corrected chi connectivity index (χ0v) is 8.66. The first kappa shape index (κ1) is 9.96. The minimum absolute atomic E-state index is 0.1000. The Labute approximate surface area is 87.5 Å². The van der Waals surface area contributed by atoms with Crippen LogP contribution < -0.4 is 9.64 Å². The molecule has 15 heavy (non-hydrogen) atoms. The molecule has 1 aromatic carbocycles. The van der Waals surface area contributed by atoms with Crippen molar-refractivity contribution in [2.24, 2.45) is 0 Å². The number of hydrogen-bond acceptors (Lipinski definition) is 2. The molecule has 0 aromatic heterocycles. The minimum atomic E-state index is -0.426. The maximum atomic E-state index is 13.4. The maximum absolute atomic E-state index is 13.4. The van der Waals surface area contributed by atoms with Crippen LogP contribution in [0.5, 0.6) is 5.75 Å². The van der Waals surface area contributed by atoms with E-state index < -0.39 is 5.82 Å². The predicted octanol–water partition coefficient (Wildman–Crippen LogP) is 1.96. The van der Waals surface area contributed by atoms with Crippen LogP contribution in [0.25, 0.3) is 0 Å². The van der Waals surface area contributed by atoms with Gasteiger partial charge in [0.1, 0.15) is 6.10 Å². The number of amides is 1. The molecule has 3 nitrogen and oxygen atoms in total. The molecular weight excluding hydrogens is 197 g/mol. The second-order valence-electron chi connectivity index (χ2n) is 3.65. The summed E-state index contributed by atoms with van der Waals surface area (Å²) in [6.45, 7) is 3.74. The van der Waals surface area contributed by atoms with Crippen LogP contribution >= 0.6 is 0 Å². The largest absolute Gasteiger partial charge is 0.484 e. The number of para-hydroxylation sites is 1. The lowest BCUT2D eigenvalue weighted by molar-refractivity contribution is -0.117. The van der Waals surface area contributed by atoms with Crippen molar-refractivity contribution in [3.05, 3.63) is 24.0 Å². The minimum Gasteiger partial charge on any atom is -0.484 e. The van der Waals surface area contributed by atoms with Gasteiger partial charge in [-0.15, -0.1) is 0 Å². The van der Waals surface area contributed by atoms with Gasteiger partial charge < -0.3 is 9.64 Å². The Bertz CT molecular complexity index is 406. The third-order valence-corrected chi connectivity index (χ3v) is 2.38. The van der Waals surface area contributed by atoms with Gasteiger partial charge in [-0.2, -0.15) is 0 Å². The monoisotopic (exact) mass is 209 g/mol. The Hall–Kier alpha value is -1.58. The fourth-order valence-electron chi connectivity index (χ4n) is 1.72. The lowest BCUT2D eigenvalue weighted by atomic mass is 10.2. The molecule has 1 aromatic rings. The van der Waals surface area contributed by atoms with Crippen molar-refractivity contribution in [1.82, 2.24) is 0 Å². The molecule has 0 N–H and O–H groups in total. The Morgan fingerprint density at radius 1 is 1.60 bits per heavy atom. The fourth-order valence-corrected chi connectivity index (χ4v) is 1.72. The number of ether oxygens (including phenoxy) is 1.